The molecule has 0 aromatic heterocycles. The molecule has 0 aliphatic carbocycles. The van der Waals surface area contributed by atoms with E-state index in [-0.39, 0.29) is 0 Å². The third-order valence-electron chi connectivity index (χ3n) is 2.57. The van der Waals surface area contributed by atoms with E-state index >= 15 is 0 Å². The minimum atomic E-state index is 0.360. The molecular formula is C11H12BrClO. The van der Waals surface area contributed by atoms with Gasteiger partial charge in [-0.2, -0.15) is 0 Å². The van der Waals surface area contributed by atoms with Crippen molar-refractivity contribution in [3.63, 3.8) is 0 Å². The van der Waals surface area contributed by atoms with Crippen LogP contribution >= 0.6 is 27.5 Å². The van der Waals surface area contributed by atoms with Gasteiger partial charge in [0, 0.05) is 16.3 Å². The van der Waals surface area contributed by atoms with Crippen molar-refractivity contribution in [3.8, 4) is 0 Å². The monoisotopic (exact) mass is 274 g/mol. The second-order valence-electron chi connectivity index (χ2n) is 3.60. The summed E-state index contributed by atoms with van der Waals surface area (Å²) in [5.41, 5.74) is 1.29. The van der Waals surface area contributed by atoms with Crippen LogP contribution in [0.4, 0.5) is 0 Å². The van der Waals surface area contributed by atoms with E-state index in [1.807, 2.05) is 18.2 Å². The van der Waals surface area contributed by atoms with Gasteiger partial charge in [0.05, 0.1) is 12.7 Å². The van der Waals surface area contributed by atoms with Gasteiger partial charge >= 0.3 is 0 Å². The highest BCUT2D eigenvalue weighted by atomic mass is 79.9. The van der Waals surface area contributed by atoms with Gasteiger partial charge in [0.1, 0.15) is 0 Å². The largest absolute Gasteiger partial charge is 0.377 e. The van der Waals surface area contributed by atoms with Crippen molar-refractivity contribution in [2.45, 2.75) is 18.4 Å². The van der Waals surface area contributed by atoms with Gasteiger partial charge in [-0.15, -0.1) is 0 Å². The number of hydrogen-bond donors (Lipinski definition) is 0. The Morgan fingerprint density at radius 1 is 1.50 bits per heavy atom. The Morgan fingerprint density at radius 3 is 3.00 bits per heavy atom. The van der Waals surface area contributed by atoms with Crippen LogP contribution in [0, 0.1) is 0 Å². The molecule has 3 heteroatoms. The molecule has 1 saturated heterocycles. The van der Waals surface area contributed by atoms with Gasteiger partial charge in [0.2, 0.25) is 0 Å². The third-order valence-corrected chi connectivity index (χ3v) is 3.53. The second-order valence-corrected chi connectivity index (χ2v) is 4.68. The van der Waals surface area contributed by atoms with Crippen molar-refractivity contribution in [1.29, 1.82) is 0 Å². The van der Waals surface area contributed by atoms with Crippen molar-refractivity contribution < 1.29 is 4.74 Å². The number of benzene rings is 1. The maximum absolute atomic E-state index is 5.94. The lowest BCUT2D eigenvalue weighted by Crippen LogP contribution is -2.05. The SMILES string of the molecule is Clc1cccc(C2COC(CBr)C2)c1. The second kappa shape index (κ2) is 4.65. The standard InChI is InChI=1S/C11H12BrClO/c12-6-11-5-9(7-14-11)8-2-1-3-10(13)4-8/h1-4,9,11H,5-7H2. The molecule has 2 unspecified atom stereocenters. The molecule has 14 heavy (non-hydrogen) atoms. The summed E-state index contributed by atoms with van der Waals surface area (Å²) >= 11 is 9.38. The van der Waals surface area contributed by atoms with Gasteiger partial charge in [-0.3, -0.25) is 0 Å². The summed E-state index contributed by atoms with van der Waals surface area (Å²) in [5.74, 6) is 0.510. The maximum atomic E-state index is 5.94. The van der Waals surface area contributed by atoms with Gasteiger partial charge in [0.15, 0.2) is 0 Å². The summed E-state index contributed by atoms with van der Waals surface area (Å²) in [7, 11) is 0. The molecule has 1 aliphatic heterocycles. The minimum Gasteiger partial charge on any atom is -0.377 e. The van der Waals surface area contributed by atoms with E-state index in [0.29, 0.717) is 12.0 Å². The minimum absolute atomic E-state index is 0.360. The summed E-state index contributed by atoms with van der Waals surface area (Å²) in [5, 5.41) is 1.73. The van der Waals surface area contributed by atoms with Crippen molar-refractivity contribution >= 4 is 27.5 Å². The fourth-order valence-corrected chi connectivity index (χ4v) is 2.46. The van der Waals surface area contributed by atoms with Crippen LogP contribution < -0.4 is 0 Å². The van der Waals surface area contributed by atoms with Crippen LogP contribution in [0.2, 0.25) is 5.02 Å². The van der Waals surface area contributed by atoms with Gasteiger partial charge in [-0.25, -0.2) is 0 Å². The summed E-state index contributed by atoms with van der Waals surface area (Å²) in [4.78, 5) is 0. The Balaban J connectivity index is 2.09. The fraction of sp³-hybridized carbons (Fsp3) is 0.455. The van der Waals surface area contributed by atoms with E-state index in [1.54, 1.807) is 0 Å². The predicted octanol–water partition coefficient (Wildman–Crippen LogP) is 3.61. The number of hydrogen-bond acceptors (Lipinski definition) is 1. The smallest absolute Gasteiger partial charge is 0.0678 e. The molecule has 0 saturated carbocycles. The molecule has 0 bridgehead atoms. The molecule has 1 aromatic rings. The van der Waals surface area contributed by atoms with Crippen LogP contribution in [-0.4, -0.2) is 18.0 Å². The lowest BCUT2D eigenvalue weighted by atomic mass is 9.97. The molecule has 0 amide bonds. The first-order chi connectivity index (χ1) is 6.79. The van der Waals surface area contributed by atoms with E-state index in [9.17, 15) is 0 Å². The van der Waals surface area contributed by atoms with Crippen molar-refractivity contribution in [2.24, 2.45) is 0 Å². The highest BCUT2D eigenvalue weighted by molar-refractivity contribution is 9.09. The van der Waals surface area contributed by atoms with E-state index in [0.717, 1.165) is 23.4 Å². The normalized spacial score (nSPS) is 26.7. The van der Waals surface area contributed by atoms with Crippen LogP contribution in [0.5, 0.6) is 0 Å². The predicted molar refractivity (Wildman–Crippen MR) is 62.3 cm³/mol. The van der Waals surface area contributed by atoms with E-state index in [2.05, 4.69) is 22.0 Å². The number of alkyl halides is 1. The lowest BCUT2D eigenvalue weighted by molar-refractivity contribution is 0.127. The summed E-state index contributed by atoms with van der Waals surface area (Å²) in [6.45, 7) is 0.816. The average molecular weight is 276 g/mol. The van der Waals surface area contributed by atoms with Crippen molar-refractivity contribution in [1.82, 2.24) is 0 Å². The average Bonchev–Trinajstić information content (AvgIpc) is 2.66. The summed E-state index contributed by atoms with van der Waals surface area (Å²) in [6, 6.07) is 8.06. The zero-order valence-electron chi connectivity index (χ0n) is 7.75. The Kier molecular flexibility index (Phi) is 3.47. The first kappa shape index (κ1) is 10.5. The van der Waals surface area contributed by atoms with E-state index in [1.165, 1.54) is 5.56 Å². The fourth-order valence-electron chi connectivity index (χ4n) is 1.81. The Morgan fingerprint density at radius 2 is 2.36 bits per heavy atom. The zero-order valence-corrected chi connectivity index (χ0v) is 10.1. The number of halogens is 2. The Labute approximate surface area is 97.5 Å². The first-order valence-corrected chi connectivity index (χ1v) is 6.22. The van der Waals surface area contributed by atoms with Gasteiger partial charge in [-0.05, 0) is 24.1 Å². The lowest BCUT2D eigenvalue weighted by Gasteiger charge is -2.07. The number of ether oxygens (including phenoxy) is 1. The molecule has 1 fully saturated rings. The van der Waals surface area contributed by atoms with E-state index in [4.69, 9.17) is 16.3 Å². The van der Waals surface area contributed by atoms with Gasteiger partial charge < -0.3 is 4.74 Å². The van der Waals surface area contributed by atoms with Crippen LogP contribution in [0.3, 0.4) is 0 Å². The molecule has 1 heterocycles. The Bertz CT molecular complexity index is 316. The topological polar surface area (TPSA) is 9.23 Å². The summed E-state index contributed by atoms with van der Waals surface area (Å²) < 4.78 is 5.62. The van der Waals surface area contributed by atoms with Crippen LogP contribution in [0.1, 0.15) is 17.9 Å². The molecule has 1 nitrogen and oxygen atoms in total. The molecule has 0 N–H and O–H groups in total. The highest BCUT2D eigenvalue weighted by Crippen LogP contribution is 2.31. The molecule has 2 atom stereocenters. The van der Waals surface area contributed by atoms with Crippen LogP contribution in [-0.2, 0) is 4.74 Å². The molecule has 0 radical (unpaired) electrons. The third kappa shape index (κ3) is 2.30. The number of rotatable bonds is 2. The van der Waals surface area contributed by atoms with Gasteiger partial charge in [-0.1, -0.05) is 39.7 Å². The maximum Gasteiger partial charge on any atom is 0.0678 e. The molecule has 1 aliphatic rings. The molecule has 2 rings (SSSR count). The molecular weight excluding hydrogens is 263 g/mol. The first-order valence-electron chi connectivity index (χ1n) is 4.72. The molecule has 1 aromatic carbocycles. The van der Waals surface area contributed by atoms with Crippen molar-refractivity contribution in [2.75, 3.05) is 11.9 Å². The van der Waals surface area contributed by atoms with Crippen molar-refractivity contribution in [3.05, 3.63) is 34.9 Å². The molecule has 0 spiro atoms. The summed E-state index contributed by atoms with van der Waals surface area (Å²) in [6.07, 6.45) is 1.45. The molecule has 76 valence electrons. The van der Waals surface area contributed by atoms with Crippen LogP contribution in [0.15, 0.2) is 24.3 Å². The van der Waals surface area contributed by atoms with Crippen LogP contribution in [0.25, 0.3) is 0 Å². The quantitative estimate of drug-likeness (QED) is 0.749. The van der Waals surface area contributed by atoms with Gasteiger partial charge in [0.25, 0.3) is 0 Å². The zero-order chi connectivity index (χ0) is 9.97. The highest BCUT2D eigenvalue weighted by Gasteiger charge is 2.25. The Hall–Kier alpha value is -0.0500. The van der Waals surface area contributed by atoms with E-state index < -0.39 is 0 Å².